The maximum absolute atomic E-state index is 11.8. The average Bonchev–Trinajstić information content (AvgIpc) is 2.32. The van der Waals surface area contributed by atoms with Crippen LogP contribution >= 0.6 is 0 Å². The van der Waals surface area contributed by atoms with Crippen molar-refractivity contribution in [2.24, 2.45) is 11.7 Å². The van der Waals surface area contributed by atoms with Crippen LogP contribution in [0.15, 0.2) is 30.3 Å². The molecule has 1 atom stereocenters. The van der Waals surface area contributed by atoms with E-state index in [-0.39, 0.29) is 5.91 Å². The Bertz CT molecular complexity index is 360. The monoisotopic (exact) mass is 232 g/mol. The Balaban J connectivity index is 1.75. The first-order chi connectivity index (χ1) is 8.27. The molecule has 1 aromatic carbocycles. The van der Waals surface area contributed by atoms with Crippen LogP contribution in [0.3, 0.4) is 0 Å². The maximum Gasteiger partial charge on any atom is 0.241 e. The number of amides is 1. The predicted molar refractivity (Wildman–Crippen MR) is 68.3 cm³/mol. The summed E-state index contributed by atoms with van der Waals surface area (Å²) in [6.45, 7) is 0.754. The van der Waals surface area contributed by atoms with Crippen molar-refractivity contribution in [1.82, 2.24) is 5.32 Å². The summed E-state index contributed by atoms with van der Waals surface area (Å²) in [5.41, 5.74) is 6.76. The molecule has 0 radical (unpaired) electrons. The fourth-order valence-corrected chi connectivity index (χ4v) is 2.10. The van der Waals surface area contributed by atoms with Crippen LogP contribution < -0.4 is 11.1 Å². The highest BCUT2D eigenvalue weighted by Crippen LogP contribution is 2.28. The molecule has 0 saturated heterocycles. The van der Waals surface area contributed by atoms with Gasteiger partial charge in [0.25, 0.3) is 0 Å². The van der Waals surface area contributed by atoms with Crippen molar-refractivity contribution in [2.75, 3.05) is 6.54 Å². The Morgan fingerprint density at radius 2 is 2.06 bits per heavy atom. The van der Waals surface area contributed by atoms with Crippen LogP contribution in [-0.2, 0) is 4.79 Å². The number of nitrogens with two attached hydrogens (primary N) is 1. The van der Waals surface area contributed by atoms with E-state index < -0.39 is 6.04 Å². The molecule has 17 heavy (non-hydrogen) atoms. The van der Waals surface area contributed by atoms with Crippen molar-refractivity contribution >= 4 is 5.91 Å². The number of carbonyl (C=O) groups is 1. The highest BCUT2D eigenvalue weighted by Gasteiger charge is 2.18. The fourth-order valence-electron chi connectivity index (χ4n) is 2.10. The summed E-state index contributed by atoms with van der Waals surface area (Å²) < 4.78 is 0. The zero-order valence-corrected chi connectivity index (χ0v) is 10.1. The Hall–Kier alpha value is -1.35. The second-order valence-electron chi connectivity index (χ2n) is 4.76. The van der Waals surface area contributed by atoms with E-state index in [9.17, 15) is 4.79 Å². The molecule has 1 aromatic rings. The zero-order chi connectivity index (χ0) is 12.1. The van der Waals surface area contributed by atoms with E-state index in [4.69, 9.17) is 5.73 Å². The Morgan fingerprint density at radius 3 is 2.65 bits per heavy atom. The van der Waals surface area contributed by atoms with E-state index in [0.29, 0.717) is 0 Å². The minimum Gasteiger partial charge on any atom is -0.354 e. The number of hydrogen-bond acceptors (Lipinski definition) is 2. The smallest absolute Gasteiger partial charge is 0.241 e. The predicted octanol–water partition coefficient (Wildman–Crippen LogP) is 1.99. The lowest BCUT2D eigenvalue weighted by Gasteiger charge is -2.25. The number of rotatable bonds is 5. The van der Waals surface area contributed by atoms with Crippen molar-refractivity contribution in [2.45, 2.75) is 31.7 Å². The SMILES string of the molecule is N[C@H](C(=O)NCCC1CCC1)c1ccccc1. The van der Waals surface area contributed by atoms with E-state index in [1.807, 2.05) is 30.3 Å². The quantitative estimate of drug-likeness (QED) is 0.815. The van der Waals surface area contributed by atoms with Crippen LogP contribution in [0.5, 0.6) is 0 Å². The molecule has 92 valence electrons. The lowest BCUT2D eigenvalue weighted by atomic mass is 9.83. The molecule has 1 amide bonds. The van der Waals surface area contributed by atoms with Gasteiger partial charge in [-0.2, -0.15) is 0 Å². The van der Waals surface area contributed by atoms with Gasteiger partial charge in [0, 0.05) is 6.54 Å². The van der Waals surface area contributed by atoms with Gasteiger partial charge in [-0.25, -0.2) is 0 Å². The second kappa shape index (κ2) is 5.82. The molecule has 2 rings (SSSR count). The van der Waals surface area contributed by atoms with Gasteiger partial charge >= 0.3 is 0 Å². The summed E-state index contributed by atoms with van der Waals surface area (Å²) in [6, 6.07) is 8.95. The molecule has 0 aliphatic heterocycles. The minimum atomic E-state index is -0.544. The normalized spacial score (nSPS) is 17.2. The molecule has 1 aliphatic carbocycles. The molecule has 3 heteroatoms. The summed E-state index contributed by atoms with van der Waals surface area (Å²) >= 11 is 0. The van der Waals surface area contributed by atoms with Crippen molar-refractivity contribution in [3.63, 3.8) is 0 Å². The van der Waals surface area contributed by atoms with Gasteiger partial charge in [0.1, 0.15) is 6.04 Å². The summed E-state index contributed by atoms with van der Waals surface area (Å²) in [4.78, 5) is 11.8. The topological polar surface area (TPSA) is 55.1 Å². The minimum absolute atomic E-state index is 0.0736. The number of carbonyl (C=O) groups excluding carboxylic acids is 1. The van der Waals surface area contributed by atoms with Gasteiger partial charge in [-0.3, -0.25) is 4.79 Å². The molecule has 0 heterocycles. The van der Waals surface area contributed by atoms with E-state index in [0.717, 1.165) is 24.4 Å². The van der Waals surface area contributed by atoms with Gasteiger partial charge in [-0.15, -0.1) is 0 Å². The summed E-state index contributed by atoms with van der Waals surface area (Å²) in [5.74, 6) is 0.749. The van der Waals surface area contributed by atoms with E-state index in [2.05, 4.69) is 5.32 Å². The summed E-state index contributed by atoms with van der Waals surface area (Å²) in [6.07, 6.45) is 5.08. The molecular formula is C14H20N2O. The van der Waals surface area contributed by atoms with Gasteiger partial charge in [0.15, 0.2) is 0 Å². The maximum atomic E-state index is 11.8. The third-order valence-electron chi connectivity index (χ3n) is 3.52. The Kier molecular flexibility index (Phi) is 4.15. The van der Waals surface area contributed by atoms with E-state index >= 15 is 0 Å². The van der Waals surface area contributed by atoms with Gasteiger partial charge in [-0.1, -0.05) is 49.6 Å². The molecule has 0 spiro atoms. The zero-order valence-electron chi connectivity index (χ0n) is 10.1. The van der Waals surface area contributed by atoms with Gasteiger partial charge < -0.3 is 11.1 Å². The van der Waals surface area contributed by atoms with Crippen molar-refractivity contribution in [1.29, 1.82) is 0 Å². The number of benzene rings is 1. The van der Waals surface area contributed by atoms with Crippen LogP contribution in [0.1, 0.15) is 37.3 Å². The van der Waals surface area contributed by atoms with Gasteiger partial charge in [-0.05, 0) is 17.9 Å². The lowest BCUT2D eigenvalue weighted by molar-refractivity contribution is -0.122. The molecular weight excluding hydrogens is 212 g/mol. The first-order valence-electron chi connectivity index (χ1n) is 6.35. The van der Waals surface area contributed by atoms with E-state index in [1.54, 1.807) is 0 Å². The van der Waals surface area contributed by atoms with Gasteiger partial charge in [0.2, 0.25) is 5.91 Å². The van der Waals surface area contributed by atoms with Crippen LogP contribution in [0.2, 0.25) is 0 Å². The first-order valence-corrected chi connectivity index (χ1v) is 6.35. The lowest BCUT2D eigenvalue weighted by Crippen LogP contribution is -2.35. The van der Waals surface area contributed by atoms with Crippen LogP contribution in [0.4, 0.5) is 0 Å². The molecule has 1 fully saturated rings. The molecule has 0 bridgehead atoms. The molecule has 3 nitrogen and oxygen atoms in total. The standard InChI is InChI=1S/C14H20N2O/c15-13(12-7-2-1-3-8-12)14(17)16-10-9-11-5-4-6-11/h1-3,7-8,11,13H,4-6,9-10,15H2,(H,16,17)/t13-/m0/s1. The van der Waals surface area contributed by atoms with Crippen molar-refractivity contribution < 1.29 is 4.79 Å². The summed E-state index contributed by atoms with van der Waals surface area (Å²) in [7, 11) is 0. The molecule has 0 unspecified atom stereocenters. The molecule has 1 saturated carbocycles. The van der Waals surface area contributed by atoms with Crippen molar-refractivity contribution in [3.05, 3.63) is 35.9 Å². The van der Waals surface area contributed by atoms with Crippen molar-refractivity contribution in [3.8, 4) is 0 Å². The average molecular weight is 232 g/mol. The van der Waals surface area contributed by atoms with Gasteiger partial charge in [0.05, 0.1) is 0 Å². The fraction of sp³-hybridized carbons (Fsp3) is 0.500. The second-order valence-corrected chi connectivity index (χ2v) is 4.76. The largest absolute Gasteiger partial charge is 0.354 e. The van der Waals surface area contributed by atoms with Crippen LogP contribution in [-0.4, -0.2) is 12.5 Å². The number of hydrogen-bond donors (Lipinski definition) is 2. The third-order valence-corrected chi connectivity index (χ3v) is 3.52. The van der Waals surface area contributed by atoms with Crippen LogP contribution in [0, 0.1) is 5.92 Å². The van der Waals surface area contributed by atoms with E-state index in [1.165, 1.54) is 19.3 Å². The Morgan fingerprint density at radius 1 is 1.35 bits per heavy atom. The summed E-state index contributed by atoms with van der Waals surface area (Å²) in [5, 5.41) is 2.92. The molecule has 1 aliphatic rings. The first kappa shape index (κ1) is 12.1. The molecule has 0 aromatic heterocycles. The number of nitrogens with one attached hydrogen (secondary N) is 1. The highest BCUT2D eigenvalue weighted by molar-refractivity contribution is 5.82. The molecule has 3 N–H and O–H groups in total. The van der Waals surface area contributed by atoms with Crippen LogP contribution in [0.25, 0.3) is 0 Å². The highest BCUT2D eigenvalue weighted by atomic mass is 16.2. The third kappa shape index (κ3) is 3.30. The Labute approximate surface area is 102 Å².